The summed E-state index contributed by atoms with van der Waals surface area (Å²) in [5.74, 6) is -0.552. The molecule has 5 rings (SSSR count). The van der Waals surface area contributed by atoms with Gasteiger partial charge in [-0.3, -0.25) is 14.5 Å². The fraction of sp³-hybridized carbons (Fsp3) is 0.400. The maximum absolute atomic E-state index is 15.3. The summed E-state index contributed by atoms with van der Waals surface area (Å²) in [6.45, 7) is 5.29. The first kappa shape index (κ1) is 25.3. The van der Waals surface area contributed by atoms with Crippen molar-refractivity contribution < 1.29 is 27.1 Å². The van der Waals surface area contributed by atoms with Crippen molar-refractivity contribution >= 4 is 38.2 Å². The topological polar surface area (TPSA) is 123 Å². The van der Waals surface area contributed by atoms with Crippen molar-refractivity contribution in [2.24, 2.45) is 0 Å². The summed E-state index contributed by atoms with van der Waals surface area (Å²) in [6, 6.07) is 4.70. The maximum Gasteiger partial charge on any atom is 0.242 e. The Morgan fingerprint density at radius 1 is 1.22 bits per heavy atom. The average Bonchev–Trinajstić information content (AvgIpc) is 3.03. The van der Waals surface area contributed by atoms with Crippen LogP contribution in [-0.2, 0) is 25.0 Å². The van der Waals surface area contributed by atoms with E-state index in [9.17, 15) is 13.2 Å². The highest BCUT2D eigenvalue weighted by atomic mass is 32.2. The van der Waals surface area contributed by atoms with E-state index < -0.39 is 21.3 Å². The van der Waals surface area contributed by atoms with Gasteiger partial charge in [0.15, 0.2) is 0 Å². The van der Waals surface area contributed by atoms with E-state index in [0.29, 0.717) is 28.7 Å². The van der Waals surface area contributed by atoms with E-state index in [0.717, 1.165) is 11.8 Å². The minimum atomic E-state index is -3.67. The largest absolute Gasteiger partial charge is 0.475 e. The number of carbonyl (C=O) groups is 1. The molecule has 4 heterocycles. The highest BCUT2D eigenvalue weighted by Gasteiger charge is 2.56. The number of hydrogen-bond donors (Lipinski definition) is 2. The Morgan fingerprint density at radius 2 is 1.97 bits per heavy atom. The number of rotatable bonds is 8. The minimum absolute atomic E-state index is 0.0799. The van der Waals surface area contributed by atoms with Gasteiger partial charge >= 0.3 is 0 Å². The molecule has 1 fully saturated rings. The highest BCUT2D eigenvalue weighted by Crippen LogP contribution is 2.49. The van der Waals surface area contributed by atoms with Crippen molar-refractivity contribution in [3.05, 3.63) is 42.0 Å². The smallest absolute Gasteiger partial charge is 0.242 e. The molecule has 2 aromatic heterocycles. The summed E-state index contributed by atoms with van der Waals surface area (Å²) in [5.41, 5.74) is 1.65. The summed E-state index contributed by atoms with van der Waals surface area (Å²) in [7, 11) is -1.98. The summed E-state index contributed by atoms with van der Waals surface area (Å²) in [6.07, 6.45) is 4.03. The number of nitrogens with zero attached hydrogens (tertiary/aromatic N) is 3. The molecule has 10 nitrogen and oxygen atoms in total. The number of benzene rings is 1. The Balaban J connectivity index is 1.59. The van der Waals surface area contributed by atoms with Crippen molar-refractivity contribution in [3.8, 4) is 17.0 Å². The number of hydrogen-bond acceptors (Lipinski definition) is 8. The van der Waals surface area contributed by atoms with Crippen LogP contribution in [0.4, 0.5) is 15.8 Å². The summed E-state index contributed by atoms with van der Waals surface area (Å²) in [5, 5.41) is 3.84. The lowest BCUT2D eigenvalue weighted by molar-refractivity contribution is -0.139. The number of anilines is 2. The van der Waals surface area contributed by atoms with Crippen LogP contribution in [-0.4, -0.2) is 70.0 Å². The Bertz CT molecular complexity index is 1510. The molecule has 3 aromatic rings. The standard InChI is InChI=1S/C25H28FN5O5S/c1-14(2)27-5-6-36-23-20(30-37(4,33)34)7-15(10-29-23)16-8-17-19(9-18(16)26)28-11-21-22(17)25(12-35-13-25)24(32)31(21)3/h7-11,14,27,30H,5-6,12-13H2,1-4H3. The number of aromatic nitrogens is 2. The molecule has 2 aliphatic heterocycles. The highest BCUT2D eigenvalue weighted by molar-refractivity contribution is 7.92. The van der Waals surface area contributed by atoms with Crippen LogP contribution in [0, 0.1) is 5.82 Å². The second-order valence-corrected chi connectivity index (χ2v) is 11.5. The molecule has 0 saturated carbocycles. The minimum Gasteiger partial charge on any atom is -0.475 e. The molecule has 1 saturated heterocycles. The monoisotopic (exact) mass is 529 g/mol. The lowest BCUT2D eigenvalue weighted by atomic mass is 9.78. The molecule has 0 unspecified atom stereocenters. The van der Waals surface area contributed by atoms with E-state index in [-0.39, 0.29) is 48.9 Å². The van der Waals surface area contributed by atoms with Gasteiger partial charge < -0.3 is 19.7 Å². The number of ether oxygens (including phenoxy) is 2. The van der Waals surface area contributed by atoms with Crippen molar-refractivity contribution in [1.29, 1.82) is 0 Å². The number of fused-ring (bicyclic) bond motifs is 4. The van der Waals surface area contributed by atoms with E-state index in [4.69, 9.17) is 9.47 Å². The third kappa shape index (κ3) is 4.49. The van der Waals surface area contributed by atoms with Gasteiger partial charge in [-0.05, 0) is 12.1 Å². The lowest BCUT2D eigenvalue weighted by Gasteiger charge is -2.36. The van der Waals surface area contributed by atoms with Crippen molar-refractivity contribution in [1.82, 2.24) is 15.3 Å². The first-order chi connectivity index (χ1) is 17.5. The molecular weight excluding hydrogens is 501 g/mol. The molecule has 0 radical (unpaired) electrons. The van der Waals surface area contributed by atoms with Crippen molar-refractivity contribution in [2.75, 3.05) is 49.3 Å². The molecule has 0 aliphatic carbocycles. The van der Waals surface area contributed by atoms with Gasteiger partial charge in [-0.1, -0.05) is 13.8 Å². The van der Waals surface area contributed by atoms with Crippen LogP contribution in [0.3, 0.4) is 0 Å². The molecule has 1 amide bonds. The van der Waals surface area contributed by atoms with Crippen LogP contribution in [0.2, 0.25) is 0 Å². The zero-order valence-electron chi connectivity index (χ0n) is 21.0. The van der Waals surface area contributed by atoms with Gasteiger partial charge in [0.2, 0.25) is 21.8 Å². The summed E-state index contributed by atoms with van der Waals surface area (Å²) < 4.78 is 52.9. The van der Waals surface area contributed by atoms with Gasteiger partial charge in [-0.15, -0.1) is 0 Å². The Kier molecular flexibility index (Phi) is 6.29. The predicted octanol–water partition coefficient (Wildman–Crippen LogP) is 2.43. The number of carbonyl (C=O) groups excluding carboxylic acids is 1. The number of halogens is 1. The van der Waals surface area contributed by atoms with E-state index in [2.05, 4.69) is 20.0 Å². The van der Waals surface area contributed by atoms with E-state index in [1.54, 1.807) is 24.2 Å². The number of nitrogens with one attached hydrogen (secondary N) is 2. The van der Waals surface area contributed by atoms with Crippen LogP contribution in [0.15, 0.2) is 30.6 Å². The molecule has 37 heavy (non-hydrogen) atoms. The molecule has 196 valence electrons. The van der Waals surface area contributed by atoms with E-state index in [1.165, 1.54) is 18.3 Å². The Morgan fingerprint density at radius 3 is 2.62 bits per heavy atom. The molecule has 1 aromatic carbocycles. The van der Waals surface area contributed by atoms with Crippen LogP contribution < -0.4 is 19.7 Å². The van der Waals surface area contributed by atoms with E-state index >= 15 is 4.39 Å². The molecular formula is C25H28FN5O5S. The van der Waals surface area contributed by atoms with Crippen molar-refractivity contribution in [2.45, 2.75) is 25.3 Å². The van der Waals surface area contributed by atoms with Crippen LogP contribution >= 0.6 is 0 Å². The van der Waals surface area contributed by atoms with Crippen LogP contribution in [0.5, 0.6) is 5.88 Å². The average molecular weight is 530 g/mol. The Labute approximate surface area is 214 Å². The van der Waals surface area contributed by atoms with Gasteiger partial charge in [0.1, 0.15) is 23.5 Å². The van der Waals surface area contributed by atoms with Gasteiger partial charge in [0, 0.05) is 54.0 Å². The fourth-order valence-corrected chi connectivity index (χ4v) is 5.32. The van der Waals surface area contributed by atoms with Gasteiger partial charge in [-0.25, -0.2) is 17.8 Å². The second kappa shape index (κ2) is 9.19. The maximum atomic E-state index is 15.3. The zero-order chi connectivity index (χ0) is 26.5. The second-order valence-electron chi connectivity index (χ2n) is 9.71. The molecule has 0 bridgehead atoms. The molecule has 2 aliphatic rings. The lowest BCUT2D eigenvalue weighted by Crippen LogP contribution is -2.53. The molecule has 1 spiro atoms. The quantitative estimate of drug-likeness (QED) is 0.427. The summed E-state index contributed by atoms with van der Waals surface area (Å²) >= 11 is 0. The van der Waals surface area contributed by atoms with Crippen LogP contribution in [0.1, 0.15) is 19.4 Å². The predicted molar refractivity (Wildman–Crippen MR) is 138 cm³/mol. The molecule has 0 atom stereocenters. The summed E-state index contributed by atoms with van der Waals surface area (Å²) in [4.78, 5) is 23.3. The zero-order valence-corrected chi connectivity index (χ0v) is 21.8. The fourth-order valence-electron chi connectivity index (χ4n) is 4.78. The van der Waals surface area contributed by atoms with Crippen LogP contribution in [0.25, 0.3) is 22.0 Å². The first-order valence-corrected chi connectivity index (χ1v) is 13.7. The number of sulfonamides is 1. The van der Waals surface area contributed by atoms with Gasteiger partial charge in [0.25, 0.3) is 0 Å². The van der Waals surface area contributed by atoms with Gasteiger partial charge in [-0.2, -0.15) is 0 Å². The van der Waals surface area contributed by atoms with Crippen molar-refractivity contribution in [3.63, 3.8) is 0 Å². The molecule has 12 heteroatoms. The SMILES string of the molecule is CC(C)NCCOc1ncc(-c2cc3c4c(cnc3cc2F)N(C)C(=O)C42COC2)cc1NS(C)(=O)=O. The Hall–Kier alpha value is -3.35. The number of amides is 1. The normalized spacial score (nSPS) is 16.4. The van der Waals surface area contributed by atoms with Gasteiger partial charge in [0.05, 0.1) is 36.9 Å². The van der Waals surface area contributed by atoms with E-state index in [1.807, 2.05) is 13.8 Å². The third-order valence-electron chi connectivity index (χ3n) is 6.54. The third-order valence-corrected chi connectivity index (χ3v) is 7.13. The number of likely N-dealkylation sites (N-methyl/N-ethyl adjacent to an activating group) is 1. The number of pyridine rings is 2. The molecule has 2 N–H and O–H groups in total. The first-order valence-electron chi connectivity index (χ1n) is 11.8.